The van der Waals surface area contributed by atoms with Gasteiger partial charge < -0.3 is 19.1 Å². The number of carbonyl (C=O) groups excluding carboxylic acids is 1. The highest BCUT2D eigenvalue weighted by molar-refractivity contribution is 5.87. The minimum atomic E-state index is -0.176. The lowest BCUT2D eigenvalue weighted by molar-refractivity contribution is -0.125. The number of fused-ring (bicyclic) bond motifs is 1. The van der Waals surface area contributed by atoms with E-state index in [9.17, 15) is 9.59 Å². The molecule has 2 aromatic heterocycles. The molecule has 1 atom stereocenters. The van der Waals surface area contributed by atoms with Crippen molar-refractivity contribution in [3.05, 3.63) is 84.1 Å². The molecule has 1 amide bonds. The predicted molar refractivity (Wildman–Crippen MR) is 135 cm³/mol. The molecule has 9 nitrogen and oxygen atoms in total. The lowest BCUT2D eigenvalue weighted by Crippen LogP contribution is -2.31. The molecule has 4 aromatic rings. The molecule has 5 rings (SSSR count). The van der Waals surface area contributed by atoms with Crippen molar-refractivity contribution in [2.45, 2.75) is 12.5 Å². The molecule has 0 aliphatic carbocycles. The summed E-state index contributed by atoms with van der Waals surface area (Å²) < 4.78 is 20.0. The van der Waals surface area contributed by atoms with E-state index in [0.717, 1.165) is 5.52 Å². The van der Waals surface area contributed by atoms with Gasteiger partial charge >= 0.3 is 5.69 Å². The molecule has 1 aliphatic rings. The Morgan fingerprint density at radius 2 is 1.78 bits per heavy atom. The van der Waals surface area contributed by atoms with E-state index < -0.39 is 0 Å². The van der Waals surface area contributed by atoms with Crippen LogP contribution in [0.25, 0.3) is 16.7 Å². The monoisotopic (exact) mass is 486 g/mol. The van der Waals surface area contributed by atoms with E-state index in [0.29, 0.717) is 53.7 Å². The number of nitrogens with zero attached hydrogens (tertiary/aromatic N) is 4. The Kier molecular flexibility index (Phi) is 6.20. The number of hydrogen-bond acceptors (Lipinski definition) is 6. The molecule has 0 bridgehead atoms. The molecule has 0 unspecified atom stereocenters. The van der Waals surface area contributed by atoms with Gasteiger partial charge in [0, 0.05) is 25.4 Å². The number of ether oxygens (including phenoxy) is 3. The fourth-order valence-corrected chi connectivity index (χ4v) is 4.63. The van der Waals surface area contributed by atoms with Crippen molar-refractivity contribution in [1.82, 2.24) is 19.0 Å². The van der Waals surface area contributed by atoms with Crippen LogP contribution >= 0.6 is 0 Å². The third-order valence-corrected chi connectivity index (χ3v) is 6.38. The smallest absolute Gasteiger partial charge is 0.334 e. The normalized spacial score (nSPS) is 15.2. The van der Waals surface area contributed by atoms with Gasteiger partial charge in [0.05, 0.1) is 43.2 Å². The van der Waals surface area contributed by atoms with Crippen LogP contribution in [0.4, 0.5) is 0 Å². The highest BCUT2D eigenvalue weighted by Crippen LogP contribution is 2.33. The van der Waals surface area contributed by atoms with Gasteiger partial charge in [-0.15, -0.1) is 0 Å². The van der Waals surface area contributed by atoms with Gasteiger partial charge in [0.25, 0.3) is 0 Å². The summed E-state index contributed by atoms with van der Waals surface area (Å²) >= 11 is 0. The Balaban J connectivity index is 1.46. The van der Waals surface area contributed by atoms with Gasteiger partial charge in [0.15, 0.2) is 11.5 Å². The molecule has 184 valence electrons. The third kappa shape index (κ3) is 4.08. The number of hydrogen-bond donors (Lipinski definition) is 0. The topological polar surface area (TPSA) is 87.8 Å². The Bertz CT molecular complexity index is 1490. The number of amides is 1. The van der Waals surface area contributed by atoms with Crippen molar-refractivity contribution < 1.29 is 19.0 Å². The number of pyridine rings is 1. The molecule has 36 heavy (non-hydrogen) atoms. The summed E-state index contributed by atoms with van der Waals surface area (Å²) in [5.74, 6) is 2.26. The van der Waals surface area contributed by atoms with Crippen LogP contribution in [-0.4, -0.2) is 52.2 Å². The molecule has 0 radical (unpaired) electrons. The molecule has 0 saturated carbocycles. The maximum atomic E-state index is 13.6. The first-order valence-electron chi connectivity index (χ1n) is 11.5. The van der Waals surface area contributed by atoms with Crippen LogP contribution in [0, 0.1) is 0 Å². The van der Waals surface area contributed by atoms with E-state index in [2.05, 4.69) is 11.6 Å². The van der Waals surface area contributed by atoms with E-state index in [-0.39, 0.29) is 17.6 Å². The predicted octanol–water partition coefficient (Wildman–Crippen LogP) is 3.96. The first kappa shape index (κ1) is 23.2. The molecule has 1 fully saturated rings. The number of methoxy groups -OCH3 is 2. The lowest BCUT2D eigenvalue weighted by Gasteiger charge is -2.15. The Labute approximate surface area is 207 Å². The summed E-state index contributed by atoms with van der Waals surface area (Å²) in [6.45, 7) is 4.62. The van der Waals surface area contributed by atoms with E-state index in [4.69, 9.17) is 14.2 Å². The van der Waals surface area contributed by atoms with Gasteiger partial charge in [-0.3, -0.25) is 18.9 Å². The summed E-state index contributed by atoms with van der Waals surface area (Å²) in [5, 5.41) is 0. The summed E-state index contributed by atoms with van der Waals surface area (Å²) in [5.41, 5.74) is 1.99. The average Bonchev–Trinajstić information content (AvgIpc) is 3.50. The van der Waals surface area contributed by atoms with E-state index in [1.54, 1.807) is 71.0 Å². The second-order valence-corrected chi connectivity index (χ2v) is 8.40. The molecular formula is C27H26N4O5. The molecule has 1 aliphatic heterocycles. The Morgan fingerprint density at radius 3 is 2.50 bits per heavy atom. The molecule has 0 N–H and O–H groups in total. The first-order valence-corrected chi connectivity index (χ1v) is 11.5. The zero-order chi connectivity index (χ0) is 25.2. The van der Waals surface area contributed by atoms with Crippen LogP contribution in [-0.2, 0) is 4.79 Å². The molecule has 1 saturated heterocycles. The molecular weight excluding hydrogens is 460 g/mol. The van der Waals surface area contributed by atoms with Gasteiger partial charge in [-0.05, 0) is 55.0 Å². The number of aromatic nitrogens is 3. The van der Waals surface area contributed by atoms with Gasteiger partial charge in [-0.2, -0.15) is 0 Å². The van der Waals surface area contributed by atoms with Gasteiger partial charge in [-0.1, -0.05) is 6.58 Å². The van der Waals surface area contributed by atoms with Crippen LogP contribution < -0.4 is 19.9 Å². The summed E-state index contributed by atoms with van der Waals surface area (Å²) in [7, 11) is 3.15. The number of imidazole rings is 1. The highest BCUT2D eigenvalue weighted by atomic mass is 16.5. The molecule has 3 heterocycles. The summed E-state index contributed by atoms with van der Waals surface area (Å²) in [6, 6.07) is 14.3. The quantitative estimate of drug-likeness (QED) is 0.368. The number of carbonyl (C=O) groups is 1. The highest BCUT2D eigenvalue weighted by Gasteiger charge is 2.30. The van der Waals surface area contributed by atoms with E-state index in [1.165, 1.54) is 6.08 Å². The summed E-state index contributed by atoms with van der Waals surface area (Å²) in [4.78, 5) is 31.7. The zero-order valence-electron chi connectivity index (χ0n) is 20.1. The fourth-order valence-electron chi connectivity index (χ4n) is 4.63. The summed E-state index contributed by atoms with van der Waals surface area (Å²) in [6.07, 6.45) is 5.36. The van der Waals surface area contributed by atoms with E-state index in [1.807, 2.05) is 18.2 Å². The van der Waals surface area contributed by atoms with E-state index >= 15 is 0 Å². The minimum absolute atomic E-state index is 0.124. The lowest BCUT2D eigenvalue weighted by atomic mass is 10.2. The van der Waals surface area contributed by atoms with Crippen LogP contribution in [0.1, 0.15) is 12.5 Å². The molecule has 9 heteroatoms. The second-order valence-electron chi connectivity index (χ2n) is 8.40. The SMILES string of the molecule is C=CC(=O)N1CC[C@@H](n2c(=O)n(-c3ccc(Oc4ccc(OC)c(OC)c4)cc3)c3cnccc32)C1. The van der Waals surface area contributed by atoms with Crippen molar-refractivity contribution in [3.63, 3.8) is 0 Å². The minimum Gasteiger partial charge on any atom is -0.493 e. The first-order chi connectivity index (χ1) is 17.5. The number of likely N-dealkylation sites (tertiary alicyclic amines) is 1. The van der Waals surface area contributed by atoms with Gasteiger partial charge in [0.1, 0.15) is 11.5 Å². The Hall–Kier alpha value is -4.53. The second kappa shape index (κ2) is 9.61. The molecule has 2 aromatic carbocycles. The van der Waals surface area contributed by atoms with Gasteiger partial charge in [-0.25, -0.2) is 4.79 Å². The number of benzene rings is 2. The molecule has 0 spiro atoms. The van der Waals surface area contributed by atoms with Crippen molar-refractivity contribution in [2.24, 2.45) is 0 Å². The average molecular weight is 487 g/mol. The van der Waals surface area contributed by atoms with Crippen molar-refractivity contribution in [3.8, 4) is 28.7 Å². The third-order valence-electron chi connectivity index (χ3n) is 6.38. The largest absolute Gasteiger partial charge is 0.493 e. The van der Waals surface area contributed by atoms with Crippen molar-refractivity contribution in [1.29, 1.82) is 0 Å². The van der Waals surface area contributed by atoms with Crippen LogP contribution in [0.3, 0.4) is 0 Å². The maximum Gasteiger partial charge on any atom is 0.334 e. The fraction of sp³-hybridized carbons (Fsp3) is 0.222. The number of rotatable bonds is 7. The van der Waals surface area contributed by atoms with Crippen molar-refractivity contribution in [2.75, 3.05) is 27.3 Å². The zero-order valence-corrected chi connectivity index (χ0v) is 20.1. The van der Waals surface area contributed by atoms with Crippen molar-refractivity contribution >= 4 is 16.9 Å². The van der Waals surface area contributed by atoms with Crippen LogP contribution in [0.5, 0.6) is 23.0 Å². The van der Waals surface area contributed by atoms with Crippen LogP contribution in [0.15, 0.2) is 78.4 Å². The maximum absolute atomic E-state index is 13.6. The standard InChI is InChI=1S/C27H26N4O5/c1-4-26(32)29-14-12-19(17-29)31-22-11-13-28-16-23(22)30(27(31)33)18-5-7-20(8-6-18)36-21-9-10-24(34-2)25(15-21)35-3/h4-11,13,15-16,19H,1,12,14,17H2,2-3H3/t19-/m1/s1. The Morgan fingerprint density at radius 1 is 1.03 bits per heavy atom. The van der Waals surface area contributed by atoms with Gasteiger partial charge in [0.2, 0.25) is 5.91 Å². The van der Waals surface area contributed by atoms with Crippen LogP contribution in [0.2, 0.25) is 0 Å².